The molecule has 2 heterocycles. The van der Waals surface area contributed by atoms with Gasteiger partial charge in [-0.25, -0.2) is 0 Å². The summed E-state index contributed by atoms with van der Waals surface area (Å²) in [7, 11) is 0. The largest absolute Gasteiger partial charge is 0.481 e. The summed E-state index contributed by atoms with van der Waals surface area (Å²) in [6, 6.07) is 9.70. The summed E-state index contributed by atoms with van der Waals surface area (Å²) in [5.41, 5.74) is 1.58. The minimum Gasteiger partial charge on any atom is -0.481 e. The average Bonchev–Trinajstić information content (AvgIpc) is 3.08. The number of likely N-dealkylation sites (tertiary alicyclic amines) is 1. The standard InChI is InChI=1S/C23H30N2O4/c1-16-8-5-6-9-18(16)19-12-17(29-24-19)13-23(21(27)28)10-7-11-25(15-23)20(26)14-22(2,3)4/h5-6,8-9,12H,7,10-11,13-15H2,1-4H3,(H,27,28)/t23-/m1/s1. The maximum atomic E-state index is 12.7. The fourth-order valence-electron chi connectivity index (χ4n) is 4.02. The van der Waals surface area contributed by atoms with Gasteiger partial charge in [-0.2, -0.15) is 0 Å². The van der Waals surface area contributed by atoms with Gasteiger partial charge in [-0.1, -0.05) is 50.2 Å². The summed E-state index contributed by atoms with van der Waals surface area (Å²) in [4.78, 5) is 26.7. The van der Waals surface area contributed by atoms with Crippen molar-refractivity contribution in [3.63, 3.8) is 0 Å². The van der Waals surface area contributed by atoms with E-state index < -0.39 is 11.4 Å². The first-order valence-electron chi connectivity index (χ1n) is 10.1. The van der Waals surface area contributed by atoms with Crippen LogP contribution in [-0.4, -0.2) is 40.1 Å². The van der Waals surface area contributed by atoms with Crippen molar-refractivity contribution in [3.05, 3.63) is 41.7 Å². The molecule has 3 rings (SSSR count). The van der Waals surface area contributed by atoms with E-state index in [2.05, 4.69) is 5.16 Å². The van der Waals surface area contributed by atoms with Crippen LogP contribution in [0.1, 0.15) is 51.4 Å². The average molecular weight is 399 g/mol. The van der Waals surface area contributed by atoms with E-state index in [1.54, 1.807) is 4.90 Å². The number of nitrogens with zero attached hydrogens (tertiary/aromatic N) is 2. The van der Waals surface area contributed by atoms with Crippen LogP contribution >= 0.6 is 0 Å². The number of hydrogen-bond donors (Lipinski definition) is 1. The second kappa shape index (κ2) is 8.01. The summed E-state index contributed by atoms with van der Waals surface area (Å²) in [5, 5.41) is 14.2. The van der Waals surface area contributed by atoms with Gasteiger partial charge in [0.05, 0.1) is 5.41 Å². The Kier molecular flexibility index (Phi) is 5.82. The van der Waals surface area contributed by atoms with Crippen molar-refractivity contribution in [2.24, 2.45) is 10.8 Å². The van der Waals surface area contributed by atoms with Crippen LogP contribution in [0.4, 0.5) is 0 Å². The highest BCUT2D eigenvalue weighted by atomic mass is 16.5. The van der Waals surface area contributed by atoms with Crippen LogP contribution < -0.4 is 0 Å². The molecule has 2 aromatic rings. The lowest BCUT2D eigenvalue weighted by Crippen LogP contribution is -2.51. The first kappa shape index (κ1) is 21.1. The molecule has 1 saturated heterocycles. The molecule has 1 N–H and O–H groups in total. The highest BCUT2D eigenvalue weighted by Gasteiger charge is 2.45. The van der Waals surface area contributed by atoms with Crippen molar-refractivity contribution < 1.29 is 19.2 Å². The number of carboxylic acids is 1. The van der Waals surface area contributed by atoms with Crippen molar-refractivity contribution in [2.75, 3.05) is 13.1 Å². The van der Waals surface area contributed by atoms with E-state index in [0.717, 1.165) is 11.1 Å². The van der Waals surface area contributed by atoms with E-state index in [-0.39, 0.29) is 24.3 Å². The maximum Gasteiger partial charge on any atom is 0.311 e. The molecule has 1 atom stereocenters. The Morgan fingerprint density at radius 2 is 2.00 bits per heavy atom. The number of carbonyl (C=O) groups excluding carboxylic acids is 1. The second-order valence-corrected chi connectivity index (χ2v) is 9.41. The molecule has 0 unspecified atom stereocenters. The molecular weight excluding hydrogens is 368 g/mol. The van der Waals surface area contributed by atoms with Gasteiger partial charge in [-0.15, -0.1) is 0 Å². The summed E-state index contributed by atoms with van der Waals surface area (Å²) in [5.74, 6) is -0.337. The normalized spacial score (nSPS) is 19.9. The van der Waals surface area contributed by atoms with E-state index in [0.29, 0.717) is 37.3 Å². The lowest BCUT2D eigenvalue weighted by atomic mass is 9.76. The number of carbonyl (C=O) groups is 2. The number of hydrogen-bond acceptors (Lipinski definition) is 4. The molecular formula is C23H30N2O4. The Balaban J connectivity index is 1.80. The van der Waals surface area contributed by atoms with Gasteiger partial charge in [0.25, 0.3) is 0 Å². The molecule has 1 fully saturated rings. The van der Waals surface area contributed by atoms with Gasteiger partial charge in [0.1, 0.15) is 11.5 Å². The minimum absolute atomic E-state index is 0.0148. The minimum atomic E-state index is -1.05. The molecule has 0 radical (unpaired) electrons. The van der Waals surface area contributed by atoms with Crippen LogP contribution in [0.2, 0.25) is 0 Å². The fraction of sp³-hybridized carbons (Fsp3) is 0.522. The smallest absolute Gasteiger partial charge is 0.311 e. The highest BCUT2D eigenvalue weighted by molar-refractivity contribution is 5.80. The van der Waals surface area contributed by atoms with Crippen molar-refractivity contribution >= 4 is 11.9 Å². The number of aliphatic carboxylic acids is 1. The predicted octanol–water partition coefficient (Wildman–Crippen LogP) is 4.32. The van der Waals surface area contributed by atoms with E-state index >= 15 is 0 Å². The summed E-state index contributed by atoms with van der Waals surface area (Å²) in [6.45, 7) is 8.86. The first-order valence-corrected chi connectivity index (χ1v) is 10.1. The van der Waals surface area contributed by atoms with Crippen LogP contribution in [-0.2, 0) is 16.0 Å². The Morgan fingerprint density at radius 1 is 1.28 bits per heavy atom. The number of piperidine rings is 1. The SMILES string of the molecule is Cc1ccccc1-c1cc(C[C@]2(C(=O)O)CCCN(C(=O)CC(C)(C)C)C2)on1. The third kappa shape index (κ3) is 4.86. The zero-order chi connectivity index (χ0) is 21.2. The second-order valence-electron chi connectivity index (χ2n) is 9.41. The third-order valence-corrected chi connectivity index (χ3v) is 5.56. The van der Waals surface area contributed by atoms with Crippen LogP contribution in [0.15, 0.2) is 34.9 Å². The van der Waals surface area contributed by atoms with Crippen molar-refractivity contribution in [3.8, 4) is 11.3 Å². The van der Waals surface area contributed by atoms with Gasteiger partial charge in [0, 0.05) is 37.6 Å². The van der Waals surface area contributed by atoms with E-state index in [9.17, 15) is 14.7 Å². The molecule has 1 aromatic heterocycles. The quantitative estimate of drug-likeness (QED) is 0.811. The van der Waals surface area contributed by atoms with E-state index in [1.165, 1.54) is 0 Å². The Morgan fingerprint density at radius 3 is 2.66 bits per heavy atom. The molecule has 0 aliphatic carbocycles. The predicted molar refractivity (Wildman–Crippen MR) is 110 cm³/mol. The topological polar surface area (TPSA) is 83.6 Å². The number of benzene rings is 1. The van der Waals surface area contributed by atoms with Crippen LogP contribution in [0.3, 0.4) is 0 Å². The number of aryl methyl sites for hydroxylation is 1. The van der Waals surface area contributed by atoms with Crippen LogP contribution in [0, 0.1) is 17.8 Å². The van der Waals surface area contributed by atoms with E-state index in [4.69, 9.17) is 4.52 Å². The Hall–Kier alpha value is -2.63. The van der Waals surface area contributed by atoms with Gasteiger partial charge < -0.3 is 14.5 Å². The summed E-state index contributed by atoms with van der Waals surface area (Å²) in [6.07, 6.45) is 1.81. The lowest BCUT2D eigenvalue weighted by molar-refractivity contribution is -0.155. The van der Waals surface area contributed by atoms with Crippen molar-refractivity contribution in [2.45, 2.75) is 53.4 Å². The number of rotatable bonds is 5. The molecule has 0 saturated carbocycles. The molecule has 1 aromatic carbocycles. The zero-order valence-corrected chi connectivity index (χ0v) is 17.7. The zero-order valence-electron chi connectivity index (χ0n) is 17.7. The molecule has 6 nitrogen and oxygen atoms in total. The lowest BCUT2D eigenvalue weighted by Gasteiger charge is -2.40. The summed E-state index contributed by atoms with van der Waals surface area (Å²) >= 11 is 0. The van der Waals surface area contributed by atoms with Gasteiger partial charge in [0.15, 0.2) is 0 Å². The van der Waals surface area contributed by atoms with Gasteiger partial charge in [0.2, 0.25) is 5.91 Å². The molecule has 6 heteroatoms. The molecule has 29 heavy (non-hydrogen) atoms. The van der Waals surface area contributed by atoms with Crippen LogP contribution in [0.5, 0.6) is 0 Å². The van der Waals surface area contributed by atoms with Crippen molar-refractivity contribution in [1.29, 1.82) is 0 Å². The molecule has 0 spiro atoms. The van der Waals surface area contributed by atoms with Crippen molar-refractivity contribution in [1.82, 2.24) is 10.1 Å². The summed E-state index contributed by atoms with van der Waals surface area (Å²) < 4.78 is 5.51. The molecule has 1 amide bonds. The number of carboxylic acid groups (broad SMARTS) is 1. The monoisotopic (exact) mass is 398 g/mol. The number of amides is 1. The van der Waals surface area contributed by atoms with Gasteiger partial charge in [-0.3, -0.25) is 9.59 Å². The first-order chi connectivity index (χ1) is 13.6. The van der Waals surface area contributed by atoms with Crippen LogP contribution in [0.25, 0.3) is 11.3 Å². The molecule has 156 valence electrons. The third-order valence-electron chi connectivity index (χ3n) is 5.56. The molecule has 0 bridgehead atoms. The van der Waals surface area contributed by atoms with E-state index in [1.807, 2.05) is 58.0 Å². The van der Waals surface area contributed by atoms with Gasteiger partial charge >= 0.3 is 5.97 Å². The highest BCUT2D eigenvalue weighted by Crippen LogP contribution is 2.36. The Labute approximate surface area is 171 Å². The molecule has 1 aliphatic heterocycles. The molecule has 1 aliphatic rings. The Bertz CT molecular complexity index is 896. The van der Waals surface area contributed by atoms with Gasteiger partial charge in [-0.05, 0) is 30.7 Å². The number of aromatic nitrogens is 1. The fourth-order valence-corrected chi connectivity index (χ4v) is 4.02. The maximum absolute atomic E-state index is 12.7.